The third-order valence-electron chi connectivity index (χ3n) is 1.75. The van der Waals surface area contributed by atoms with Crippen LogP contribution in [-0.2, 0) is 6.54 Å². The lowest BCUT2D eigenvalue weighted by molar-refractivity contribution is 0.662. The van der Waals surface area contributed by atoms with Crippen molar-refractivity contribution in [3.05, 3.63) is 17.8 Å². The summed E-state index contributed by atoms with van der Waals surface area (Å²) in [6, 6.07) is 0. The van der Waals surface area contributed by atoms with Gasteiger partial charge in [0.15, 0.2) is 0 Å². The van der Waals surface area contributed by atoms with Crippen molar-refractivity contribution in [3.63, 3.8) is 0 Å². The van der Waals surface area contributed by atoms with E-state index in [1.165, 1.54) is 0 Å². The molecule has 2 aromatic heterocycles. The highest BCUT2D eigenvalue weighted by Gasteiger charge is 2.09. The van der Waals surface area contributed by atoms with Gasteiger partial charge in [0, 0.05) is 24.3 Å². The number of aromatic nitrogens is 3. The van der Waals surface area contributed by atoms with Gasteiger partial charge in [0.2, 0.25) is 0 Å². The highest BCUT2D eigenvalue weighted by molar-refractivity contribution is 7.13. The zero-order chi connectivity index (χ0) is 9.26. The van der Waals surface area contributed by atoms with E-state index in [2.05, 4.69) is 10.1 Å². The van der Waals surface area contributed by atoms with Crippen LogP contribution in [0.25, 0.3) is 10.7 Å². The van der Waals surface area contributed by atoms with Crippen molar-refractivity contribution in [2.75, 3.05) is 5.73 Å². The lowest BCUT2D eigenvalue weighted by atomic mass is 10.4. The number of hydrogen-bond acceptors (Lipinski definition) is 4. The van der Waals surface area contributed by atoms with Crippen LogP contribution in [0.5, 0.6) is 0 Å². The van der Waals surface area contributed by atoms with E-state index in [4.69, 9.17) is 5.73 Å². The van der Waals surface area contributed by atoms with Gasteiger partial charge in [0.05, 0.1) is 5.69 Å². The Balaban J connectivity index is 2.46. The summed E-state index contributed by atoms with van der Waals surface area (Å²) in [7, 11) is 0. The van der Waals surface area contributed by atoms with Gasteiger partial charge in [0.1, 0.15) is 10.7 Å². The molecule has 0 atom stereocenters. The number of aryl methyl sites for hydroxylation is 1. The van der Waals surface area contributed by atoms with E-state index in [1.54, 1.807) is 17.5 Å². The molecule has 68 valence electrons. The van der Waals surface area contributed by atoms with Crippen molar-refractivity contribution in [2.45, 2.75) is 13.5 Å². The smallest absolute Gasteiger partial charge is 0.145 e. The molecular weight excluding hydrogens is 184 g/mol. The summed E-state index contributed by atoms with van der Waals surface area (Å²) in [4.78, 5) is 4.16. The molecule has 5 heteroatoms. The van der Waals surface area contributed by atoms with Gasteiger partial charge in [-0.1, -0.05) is 0 Å². The van der Waals surface area contributed by atoms with Crippen molar-refractivity contribution >= 4 is 17.0 Å². The molecule has 2 N–H and O–H groups in total. The van der Waals surface area contributed by atoms with Crippen LogP contribution in [0.1, 0.15) is 6.92 Å². The first-order chi connectivity index (χ1) is 6.31. The van der Waals surface area contributed by atoms with Gasteiger partial charge in [-0.2, -0.15) is 5.10 Å². The van der Waals surface area contributed by atoms with Crippen LogP contribution in [0, 0.1) is 0 Å². The van der Waals surface area contributed by atoms with Gasteiger partial charge < -0.3 is 5.73 Å². The molecule has 0 amide bonds. The quantitative estimate of drug-likeness (QED) is 0.790. The number of anilines is 1. The standard InChI is InChI=1S/C8H10N4S/c1-2-12-5-6(9)7(11-12)8-10-3-4-13-8/h3-5H,2,9H2,1H3. The minimum Gasteiger partial charge on any atom is -0.396 e. The predicted molar refractivity (Wildman–Crippen MR) is 53.4 cm³/mol. The van der Waals surface area contributed by atoms with E-state index in [0.29, 0.717) is 5.69 Å². The zero-order valence-corrected chi connectivity index (χ0v) is 8.08. The maximum Gasteiger partial charge on any atom is 0.145 e. The molecule has 0 saturated carbocycles. The first-order valence-corrected chi connectivity index (χ1v) is 4.92. The van der Waals surface area contributed by atoms with Gasteiger partial charge in [0.25, 0.3) is 0 Å². The van der Waals surface area contributed by atoms with E-state index in [-0.39, 0.29) is 0 Å². The summed E-state index contributed by atoms with van der Waals surface area (Å²) in [5.74, 6) is 0. The summed E-state index contributed by atoms with van der Waals surface area (Å²) >= 11 is 1.55. The molecule has 2 rings (SSSR count). The molecule has 0 fully saturated rings. The van der Waals surface area contributed by atoms with Crippen molar-refractivity contribution in [1.82, 2.24) is 14.8 Å². The van der Waals surface area contributed by atoms with E-state index >= 15 is 0 Å². The molecule has 0 aliphatic rings. The lowest BCUT2D eigenvalue weighted by Gasteiger charge is -1.91. The second-order valence-corrected chi connectivity index (χ2v) is 3.52. The van der Waals surface area contributed by atoms with Crippen LogP contribution in [0.2, 0.25) is 0 Å². The number of nitrogen functional groups attached to an aromatic ring is 1. The second kappa shape index (κ2) is 3.18. The summed E-state index contributed by atoms with van der Waals surface area (Å²) in [6.07, 6.45) is 3.58. The van der Waals surface area contributed by atoms with E-state index in [0.717, 1.165) is 17.2 Å². The van der Waals surface area contributed by atoms with E-state index in [1.807, 2.05) is 23.2 Å². The second-order valence-electron chi connectivity index (χ2n) is 2.63. The maximum absolute atomic E-state index is 5.79. The van der Waals surface area contributed by atoms with Gasteiger partial charge >= 0.3 is 0 Å². The number of nitrogens with two attached hydrogens (primary N) is 1. The van der Waals surface area contributed by atoms with Gasteiger partial charge in [-0.3, -0.25) is 4.68 Å². The molecule has 2 heterocycles. The average molecular weight is 194 g/mol. The number of thiazole rings is 1. The zero-order valence-electron chi connectivity index (χ0n) is 7.27. The largest absolute Gasteiger partial charge is 0.396 e. The molecular formula is C8H10N4S. The van der Waals surface area contributed by atoms with Crippen LogP contribution in [0.4, 0.5) is 5.69 Å². The third kappa shape index (κ3) is 1.42. The summed E-state index contributed by atoms with van der Waals surface area (Å²) in [6.45, 7) is 2.85. The summed E-state index contributed by atoms with van der Waals surface area (Å²) < 4.78 is 1.81. The minimum atomic E-state index is 0.691. The van der Waals surface area contributed by atoms with Crippen LogP contribution >= 0.6 is 11.3 Å². The normalized spacial score (nSPS) is 10.5. The van der Waals surface area contributed by atoms with Crippen molar-refractivity contribution < 1.29 is 0 Å². The Morgan fingerprint density at radius 2 is 2.46 bits per heavy atom. The molecule has 0 aliphatic carbocycles. The maximum atomic E-state index is 5.79. The molecule has 0 radical (unpaired) electrons. The van der Waals surface area contributed by atoms with Crippen molar-refractivity contribution in [1.29, 1.82) is 0 Å². The Bertz CT molecular complexity index is 390. The lowest BCUT2D eigenvalue weighted by Crippen LogP contribution is -1.93. The molecule has 4 nitrogen and oxygen atoms in total. The minimum absolute atomic E-state index is 0.691. The Hall–Kier alpha value is -1.36. The molecule has 0 aromatic carbocycles. The Morgan fingerprint density at radius 3 is 3.00 bits per heavy atom. The molecule has 2 aromatic rings. The van der Waals surface area contributed by atoms with Crippen molar-refractivity contribution in [3.8, 4) is 10.7 Å². The fourth-order valence-corrected chi connectivity index (χ4v) is 1.75. The number of rotatable bonds is 2. The highest BCUT2D eigenvalue weighted by Crippen LogP contribution is 2.25. The molecule has 0 saturated heterocycles. The molecule has 0 aliphatic heterocycles. The third-order valence-corrected chi connectivity index (χ3v) is 2.53. The van der Waals surface area contributed by atoms with E-state index in [9.17, 15) is 0 Å². The first-order valence-electron chi connectivity index (χ1n) is 4.04. The molecule has 0 spiro atoms. The fourth-order valence-electron chi connectivity index (χ4n) is 1.11. The predicted octanol–water partition coefficient (Wildman–Crippen LogP) is 1.61. The Labute approximate surface area is 80.0 Å². The van der Waals surface area contributed by atoms with Crippen LogP contribution in [0.15, 0.2) is 17.8 Å². The SMILES string of the molecule is CCn1cc(N)c(-c2nccs2)n1. The monoisotopic (exact) mass is 194 g/mol. The molecule has 0 unspecified atom stereocenters. The van der Waals surface area contributed by atoms with Gasteiger partial charge in [-0.25, -0.2) is 4.98 Å². The fraction of sp³-hybridized carbons (Fsp3) is 0.250. The molecule has 0 bridgehead atoms. The van der Waals surface area contributed by atoms with Gasteiger partial charge in [-0.05, 0) is 6.92 Å². The van der Waals surface area contributed by atoms with Crippen LogP contribution < -0.4 is 5.73 Å². The van der Waals surface area contributed by atoms with Crippen molar-refractivity contribution in [2.24, 2.45) is 0 Å². The Morgan fingerprint density at radius 1 is 1.62 bits per heavy atom. The van der Waals surface area contributed by atoms with Gasteiger partial charge in [-0.15, -0.1) is 11.3 Å². The molecule has 13 heavy (non-hydrogen) atoms. The first kappa shape index (κ1) is 8.25. The highest BCUT2D eigenvalue weighted by atomic mass is 32.1. The average Bonchev–Trinajstić information content (AvgIpc) is 2.72. The number of hydrogen-bond donors (Lipinski definition) is 1. The summed E-state index contributed by atoms with van der Waals surface area (Å²) in [5.41, 5.74) is 7.27. The topological polar surface area (TPSA) is 56.7 Å². The Kier molecular flexibility index (Phi) is 2.02. The van der Waals surface area contributed by atoms with Crippen LogP contribution in [0.3, 0.4) is 0 Å². The number of nitrogens with zero attached hydrogens (tertiary/aromatic N) is 3. The summed E-state index contributed by atoms with van der Waals surface area (Å²) in [5, 5.41) is 7.11. The van der Waals surface area contributed by atoms with E-state index < -0.39 is 0 Å². The van der Waals surface area contributed by atoms with Crippen LogP contribution in [-0.4, -0.2) is 14.8 Å².